The average Bonchev–Trinajstić information content (AvgIpc) is 2.29. The molecule has 1 rings (SSSR count). The Bertz CT molecular complexity index is 270. The van der Waals surface area contributed by atoms with Crippen molar-refractivity contribution in [1.29, 1.82) is 0 Å². The Labute approximate surface area is 126 Å². The number of nitrogens with zero attached hydrogens (tertiary/aromatic N) is 1. The van der Waals surface area contributed by atoms with E-state index in [2.05, 4.69) is 10.0 Å². The van der Waals surface area contributed by atoms with Gasteiger partial charge in [0.25, 0.3) is 0 Å². The van der Waals surface area contributed by atoms with E-state index in [0.29, 0.717) is 31.5 Å². The van der Waals surface area contributed by atoms with Gasteiger partial charge in [-0.25, -0.2) is 0 Å². The molecule has 2 atom stereocenters. The molecule has 0 radical (unpaired) electrons. The topological polar surface area (TPSA) is 41.6 Å². The van der Waals surface area contributed by atoms with E-state index in [-0.39, 0.29) is 25.2 Å². The van der Waals surface area contributed by atoms with Crippen molar-refractivity contribution in [1.82, 2.24) is 9.76 Å². The Kier molecular flexibility index (Phi) is 8.75. The fourth-order valence-electron chi connectivity index (χ4n) is 1.47. The summed E-state index contributed by atoms with van der Waals surface area (Å²) in [4.78, 5) is 2.20. The third-order valence-electron chi connectivity index (χ3n) is 2.21. The minimum absolute atomic E-state index is 0.110. The minimum atomic E-state index is -2.93. The molecule has 1 N–H and O–H groups in total. The van der Waals surface area contributed by atoms with Crippen molar-refractivity contribution in [3.05, 3.63) is 0 Å². The Morgan fingerprint density at radius 2 is 2.18 bits per heavy atom. The molecule has 0 aromatic heterocycles. The van der Waals surface area contributed by atoms with Crippen molar-refractivity contribution in [2.24, 2.45) is 0 Å². The fourth-order valence-corrected chi connectivity index (χ4v) is 8.68. The zero-order chi connectivity index (χ0) is 12.7. The Morgan fingerprint density at radius 1 is 1.53 bits per heavy atom. The van der Waals surface area contributed by atoms with Gasteiger partial charge in [-0.15, -0.1) is 0 Å². The molecule has 0 amide bonds. The SMILES string of the molecule is C[I-]SC1CCOP(=O)(N(CCCl)CCCl)N1. The predicted molar refractivity (Wildman–Crippen MR) is 71.6 cm³/mol. The van der Waals surface area contributed by atoms with Crippen LogP contribution in [0.15, 0.2) is 0 Å². The van der Waals surface area contributed by atoms with Crippen LogP contribution < -0.4 is 24.9 Å². The molecule has 1 aliphatic rings. The molecule has 1 saturated heterocycles. The summed E-state index contributed by atoms with van der Waals surface area (Å²) in [5.41, 5.74) is 0. The van der Waals surface area contributed by atoms with Crippen LogP contribution in [0.2, 0.25) is 0 Å². The van der Waals surface area contributed by atoms with Gasteiger partial charge in [0.15, 0.2) is 0 Å². The van der Waals surface area contributed by atoms with E-state index >= 15 is 0 Å². The van der Waals surface area contributed by atoms with E-state index in [1.165, 1.54) is 0 Å². The zero-order valence-electron chi connectivity index (χ0n) is 9.57. The molecule has 17 heavy (non-hydrogen) atoms. The number of alkyl halides is 3. The molecule has 2 unspecified atom stereocenters. The van der Waals surface area contributed by atoms with E-state index in [1.807, 2.05) is 8.93 Å². The number of hydrogen-bond donors (Lipinski definition) is 1. The predicted octanol–water partition coefficient (Wildman–Crippen LogP) is -0.423. The molecule has 0 bridgehead atoms. The first-order valence-corrected chi connectivity index (χ1v) is 13.4. The quantitative estimate of drug-likeness (QED) is 0.335. The van der Waals surface area contributed by atoms with Crippen LogP contribution in [0.25, 0.3) is 0 Å². The molecule has 0 aromatic carbocycles. The van der Waals surface area contributed by atoms with E-state index in [9.17, 15) is 4.57 Å². The molecule has 0 spiro atoms. The molecule has 1 heterocycles. The summed E-state index contributed by atoms with van der Waals surface area (Å²) in [6.45, 7) is 1.58. The van der Waals surface area contributed by atoms with Crippen LogP contribution >= 0.6 is 39.8 Å². The van der Waals surface area contributed by atoms with Crippen molar-refractivity contribution in [2.75, 3.05) is 36.4 Å². The first kappa shape index (κ1) is 16.8. The number of rotatable bonds is 7. The summed E-state index contributed by atoms with van der Waals surface area (Å²) in [5, 5.41) is 3.37. The molecule has 0 aliphatic carbocycles. The maximum absolute atomic E-state index is 12.7. The van der Waals surface area contributed by atoms with Crippen LogP contribution in [-0.4, -0.2) is 46.4 Å². The van der Waals surface area contributed by atoms with Gasteiger partial charge in [0.2, 0.25) is 0 Å². The summed E-state index contributed by atoms with van der Waals surface area (Å²) in [6, 6.07) is 0. The van der Waals surface area contributed by atoms with Gasteiger partial charge in [-0.05, 0) is 0 Å². The van der Waals surface area contributed by atoms with Crippen LogP contribution in [0.4, 0.5) is 0 Å². The molecule has 1 aliphatic heterocycles. The number of halogens is 3. The number of hydrogen-bond acceptors (Lipinski definition) is 3. The first-order valence-electron chi connectivity index (χ1n) is 5.21. The average molecular weight is 434 g/mol. The van der Waals surface area contributed by atoms with Gasteiger partial charge >= 0.3 is 127 Å². The van der Waals surface area contributed by atoms with Crippen LogP contribution in [0, 0.1) is 0 Å². The Morgan fingerprint density at radius 3 is 2.71 bits per heavy atom. The van der Waals surface area contributed by atoms with E-state index < -0.39 is 7.67 Å². The van der Waals surface area contributed by atoms with Crippen LogP contribution in [-0.2, 0) is 9.09 Å². The van der Waals surface area contributed by atoms with E-state index in [1.54, 1.807) is 4.67 Å². The summed E-state index contributed by atoms with van der Waals surface area (Å²) < 4.78 is 19.9. The first-order chi connectivity index (χ1) is 8.16. The van der Waals surface area contributed by atoms with Gasteiger partial charge in [-0.3, -0.25) is 0 Å². The number of nitrogens with one attached hydrogen (secondary N) is 1. The summed E-state index contributed by atoms with van der Waals surface area (Å²) in [7, 11) is -1.07. The Hall–Kier alpha value is 1.77. The molecule has 104 valence electrons. The zero-order valence-corrected chi connectivity index (χ0v) is 15.0. The van der Waals surface area contributed by atoms with Gasteiger partial charge in [0, 0.05) is 0 Å². The molecule has 9 heteroatoms. The van der Waals surface area contributed by atoms with Crippen LogP contribution in [0.5, 0.6) is 0 Å². The summed E-state index contributed by atoms with van der Waals surface area (Å²) >= 11 is 11.6. The third-order valence-corrected chi connectivity index (χ3v) is 9.15. The van der Waals surface area contributed by atoms with Crippen LogP contribution in [0.1, 0.15) is 6.42 Å². The Balaban J connectivity index is 2.65. The fraction of sp³-hybridized carbons (Fsp3) is 1.00. The van der Waals surface area contributed by atoms with Gasteiger partial charge < -0.3 is 0 Å². The second kappa shape index (κ2) is 8.84. The molecule has 1 fully saturated rings. The third kappa shape index (κ3) is 5.34. The molecule has 0 saturated carbocycles. The second-order valence-electron chi connectivity index (χ2n) is 3.34. The van der Waals surface area contributed by atoms with Gasteiger partial charge in [0.05, 0.1) is 0 Å². The molecular weight excluding hydrogens is 417 g/mol. The van der Waals surface area contributed by atoms with Gasteiger partial charge in [-0.2, -0.15) is 0 Å². The maximum atomic E-state index is 12.7. The summed E-state index contributed by atoms with van der Waals surface area (Å²) in [5.74, 6) is 0.842. The van der Waals surface area contributed by atoms with Crippen molar-refractivity contribution in [3.8, 4) is 0 Å². The monoisotopic (exact) mass is 433 g/mol. The van der Waals surface area contributed by atoms with Crippen molar-refractivity contribution < 1.29 is 28.9 Å². The van der Waals surface area contributed by atoms with Gasteiger partial charge in [0.1, 0.15) is 0 Å². The normalized spacial score (nSPS) is 30.0. The van der Waals surface area contributed by atoms with Gasteiger partial charge in [-0.1, -0.05) is 0 Å². The molecular formula is C8H17Cl2IN2O2PS-. The van der Waals surface area contributed by atoms with E-state index in [0.717, 1.165) is 6.42 Å². The van der Waals surface area contributed by atoms with Crippen molar-refractivity contribution >= 4 is 39.8 Å². The standard InChI is InChI=1S/C8H17Cl2IN2O2PS/c1-11-17-8-2-7-15-16(14,12-8)13(5-3-9)6-4-10/h8H,2-7H2,1H3,(H,12,14)/q-1. The summed E-state index contributed by atoms with van der Waals surface area (Å²) in [6.07, 6.45) is 0.901. The van der Waals surface area contributed by atoms with Crippen LogP contribution in [0.3, 0.4) is 0 Å². The molecule has 0 aromatic rings. The molecule has 4 nitrogen and oxygen atoms in total. The van der Waals surface area contributed by atoms with E-state index in [4.69, 9.17) is 27.7 Å². The van der Waals surface area contributed by atoms with Crippen molar-refractivity contribution in [3.63, 3.8) is 0 Å². The second-order valence-corrected chi connectivity index (χ2v) is 11.4. The van der Waals surface area contributed by atoms with Crippen molar-refractivity contribution in [2.45, 2.75) is 11.8 Å².